The summed E-state index contributed by atoms with van der Waals surface area (Å²) >= 11 is 0. The van der Waals surface area contributed by atoms with Gasteiger partial charge in [-0.15, -0.1) is 0 Å². The number of rotatable bonds is 2. The van der Waals surface area contributed by atoms with Crippen molar-refractivity contribution >= 4 is 5.97 Å². The summed E-state index contributed by atoms with van der Waals surface area (Å²) in [6.45, 7) is 3.55. The van der Waals surface area contributed by atoms with Crippen LogP contribution in [0.4, 0.5) is 0 Å². The van der Waals surface area contributed by atoms with Crippen molar-refractivity contribution in [1.82, 2.24) is 0 Å². The zero-order valence-electron chi connectivity index (χ0n) is 5.39. The molecule has 0 bridgehead atoms. The van der Waals surface area contributed by atoms with Crippen LogP contribution in [-0.2, 0) is 27.2 Å². The number of carbonyl (C=O) groups is 1. The molecule has 1 radical (unpaired) electrons. The van der Waals surface area contributed by atoms with E-state index < -0.39 is 12.0 Å². The second-order valence-electron chi connectivity index (χ2n) is 2.11. The van der Waals surface area contributed by atoms with Gasteiger partial charge in [-0.05, 0) is 5.92 Å². The molecule has 3 N–H and O–H groups in total. The largest absolute Gasteiger partial charge is 0.480 e. The molecule has 0 saturated carbocycles. The molecule has 9 heavy (non-hydrogen) atoms. The van der Waals surface area contributed by atoms with Gasteiger partial charge in [-0.25, -0.2) is 0 Å². The Morgan fingerprint density at radius 3 is 1.89 bits per heavy atom. The fourth-order valence-corrected chi connectivity index (χ4v) is 0.285. The average molecular weight is 225 g/mol. The molecule has 0 spiro atoms. The van der Waals surface area contributed by atoms with Crippen molar-refractivity contribution in [3.63, 3.8) is 0 Å². The molecule has 4 heteroatoms. The van der Waals surface area contributed by atoms with Crippen LogP contribution < -0.4 is 5.73 Å². The van der Waals surface area contributed by atoms with Gasteiger partial charge >= 0.3 is 5.97 Å². The second kappa shape index (κ2) is 5.00. The van der Waals surface area contributed by atoms with Crippen molar-refractivity contribution < 1.29 is 32.3 Å². The normalized spacial score (nSPS) is 12.4. The van der Waals surface area contributed by atoms with Gasteiger partial charge in [-0.3, -0.25) is 4.79 Å². The fraction of sp³-hybridized carbons (Fsp3) is 0.800. The van der Waals surface area contributed by atoms with E-state index in [1.54, 1.807) is 13.8 Å². The molecule has 0 aromatic heterocycles. The second-order valence-corrected chi connectivity index (χ2v) is 2.11. The topological polar surface area (TPSA) is 63.3 Å². The molecule has 0 saturated heterocycles. The SMILES string of the molecule is CC(C)[C@H](N)C(=O)O.[Ag]. The third-order valence-electron chi connectivity index (χ3n) is 1.00. The molecule has 0 aromatic carbocycles. The Kier molecular flexibility index (Phi) is 6.61. The van der Waals surface area contributed by atoms with Crippen molar-refractivity contribution in [2.75, 3.05) is 0 Å². The summed E-state index contributed by atoms with van der Waals surface area (Å²) in [5.74, 6) is -0.910. The van der Waals surface area contributed by atoms with E-state index in [0.29, 0.717) is 0 Å². The molecule has 1 atom stereocenters. The first-order valence-corrected chi connectivity index (χ1v) is 2.54. The maximum atomic E-state index is 10.0. The summed E-state index contributed by atoms with van der Waals surface area (Å²) in [5, 5.41) is 8.23. The van der Waals surface area contributed by atoms with Crippen molar-refractivity contribution in [2.45, 2.75) is 19.9 Å². The minimum Gasteiger partial charge on any atom is -0.480 e. The van der Waals surface area contributed by atoms with Crippen molar-refractivity contribution in [2.24, 2.45) is 11.7 Å². The monoisotopic (exact) mass is 224 g/mol. The van der Waals surface area contributed by atoms with Gasteiger partial charge in [0.05, 0.1) is 0 Å². The van der Waals surface area contributed by atoms with E-state index in [2.05, 4.69) is 0 Å². The molecule has 3 nitrogen and oxygen atoms in total. The minimum absolute atomic E-state index is 0. The molecule has 59 valence electrons. The maximum absolute atomic E-state index is 10.0. The predicted octanol–water partition coefficient (Wildman–Crippen LogP) is 0.0518. The van der Waals surface area contributed by atoms with Crippen LogP contribution in [0.2, 0.25) is 0 Å². The summed E-state index contributed by atoms with van der Waals surface area (Å²) < 4.78 is 0. The predicted molar refractivity (Wildman–Crippen MR) is 30.4 cm³/mol. The Morgan fingerprint density at radius 1 is 1.56 bits per heavy atom. The van der Waals surface area contributed by atoms with Gasteiger partial charge in [0, 0.05) is 22.4 Å². The molecule has 0 heterocycles. The van der Waals surface area contributed by atoms with Gasteiger partial charge in [0.15, 0.2) is 0 Å². The van der Waals surface area contributed by atoms with Crippen LogP contribution in [0.3, 0.4) is 0 Å². The van der Waals surface area contributed by atoms with Gasteiger partial charge in [-0.2, -0.15) is 0 Å². The van der Waals surface area contributed by atoms with E-state index in [-0.39, 0.29) is 28.3 Å². The van der Waals surface area contributed by atoms with Crippen molar-refractivity contribution in [3.05, 3.63) is 0 Å². The standard InChI is InChI=1S/C5H11NO2.Ag/c1-3(2)4(6)5(7)8;/h3-4H,6H2,1-2H3,(H,7,8);/t4-;/m0./s1. The van der Waals surface area contributed by atoms with Crippen LogP contribution in [0.1, 0.15) is 13.8 Å². The maximum Gasteiger partial charge on any atom is 0.320 e. The number of carboxylic acids is 1. The first kappa shape index (κ1) is 11.9. The molecular weight excluding hydrogens is 214 g/mol. The van der Waals surface area contributed by atoms with E-state index in [9.17, 15) is 4.79 Å². The van der Waals surface area contributed by atoms with Crippen LogP contribution >= 0.6 is 0 Å². The zero-order chi connectivity index (χ0) is 6.73. The average Bonchev–Trinajstić information content (AvgIpc) is 1.64. The third-order valence-corrected chi connectivity index (χ3v) is 1.00. The van der Waals surface area contributed by atoms with Crippen molar-refractivity contribution in [3.8, 4) is 0 Å². The number of carboxylic acid groups (broad SMARTS) is 1. The van der Waals surface area contributed by atoms with E-state index in [1.807, 2.05) is 0 Å². The summed E-state index contributed by atoms with van der Waals surface area (Å²) in [6, 6.07) is -0.713. The molecule has 0 aliphatic rings. The summed E-state index contributed by atoms with van der Waals surface area (Å²) in [6.07, 6.45) is 0. The van der Waals surface area contributed by atoms with E-state index in [1.165, 1.54) is 0 Å². The Balaban J connectivity index is 0. The van der Waals surface area contributed by atoms with Gasteiger partial charge in [-0.1, -0.05) is 13.8 Å². The Hall–Kier alpha value is 0.170. The number of hydrogen-bond acceptors (Lipinski definition) is 2. The first-order chi connectivity index (χ1) is 3.55. The fourth-order valence-electron chi connectivity index (χ4n) is 0.285. The first-order valence-electron chi connectivity index (χ1n) is 2.54. The molecule has 0 unspecified atom stereocenters. The summed E-state index contributed by atoms with van der Waals surface area (Å²) in [4.78, 5) is 10.0. The van der Waals surface area contributed by atoms with E-state index in [0.717, 1.165) is 0 Å². The van der Waals surface area contributed by atoms with Crippen LogP contribution in [0.25, 0.3) is 0 Å². The van der Waals surface area contributed by atoms with Gasteiger partial charge in [0.25, 0.3) is 0 Å². The van der Waals surface area contributed by atoms with Crippen LogP contribution in [0.15, 0.2) is 0 Å². The molecule has 0 rings (SSSR count). The molecule has 0 amide bonds. The van der Waals surface area contributed by atoms with E-state index >= 15 is 0 Å². The molecule has 0 aliphatic heterocycles. The Bertz CT molecular complexity index is 95.0. The van der Waals surface area contributed by atoms with Gasteiger partial charge in [0.2, 0.25) is 0 Å². The smallest absolute Gasteiger partial charge is 0.320 e. The van der Waals surface area contributed by atoms with Crippen LogP contribution in [0, 0.1) is 5.92 Å². The summed E-state index contributed by atoms with van der Waals surface area (Å²) in [7, 11) is 0. The van der Waals surface area contributed by atoms with Crippen LogP contribution in [0.5, 0.6) is 0 Å². The van der Waals surface area contributed by atoms with Gasteiger partial charge in [0.1, 0.15) is 6.04 Å². The molecule has 0 fully saturated rings. The minimum atomic E-state index is -0.931. The Labute approximate surface area is 70.1 Å². The number of nitrogens with two attached hydrogens (primary N) is 1. The van der Waals surface area contributed by atoms with E-state index in [4.69, 9.17) is 10.8 Å². The molecule has 0 aliphatic carbocycles. The van der Waals surface area contributed by atoms with Gasteiger partial charge < -0.3 is 10.8 Å². The zero-order valence-corrected chi connectivity index (χ0v) is 6.87. The van der Waals surface area contributed by atoms with Crippen LogP contribution in [-0.4, -0.2) is 17.1 Å². The third kappa shape index (κ3) is 4.66. The Morgan fingerprint density at radius 2 is 1.89 bits per heavy atom. The van der Waals surface area contributed by atoms with Crippen molar-refractivity contribution in [1.29, 1.82) is 0 Å². The number of aliphatic carboxylic acids is 1. The quantitative estimate of drug-likeness (QED) is 0.652. The summed E-state index contributed by atoms with van der Waals surface area (Å²) in [5.41, 5.74) is 5.16. The molecule has 0 aromatic rings. The molecular formula is C5H11AgNO2. The number of hydrogen-bond donors (Lipinski definition) is 2.